The van der Waals surface area contributed by atoms with Gasteiger partial charge in [0.1, 0.15) is 0 Å². The second kappa shape index (κ2) is 9.66. The van der Waals surface area contributed by atoms with E-state index in [0.29, 0.717) is 0 Å². The van der Waals surface area contributed by atoms with Crippen molar-refractivity contribution in [2.24, 2.45) is 0 Å². The lowest BCUT2D eigenvalue weighted by atomic mass is 10.2. The molecule has 0 aliphatic rings. The molecule has 0 N–H and O–H groups in total. The van der Waals surface area contributed by atoms with Gasteiger partial charge in [0.05, 0.1) is 0 Å². The smallest absolute Gasteiger partial charge is 0.0140 e. The summed E-state index contributed by atoms with van der Waals surface area (Å²) < 4.78 is 0. The van der Waals surface area contributed by atoms with Gasteiger partial charge in [0.2, 0.25) is 0 Å². The van der Waals surface area contributed by atoms with Gasteiger partial charge in [-0.05, 0) is 24.0 Å². The minimum absolute atomic E-state index is 1.22. The van der Waals surface area contributed by atoms with Crippen LogP contribution in [0.4, 0.5) is 0 Å². The lowest BCUT2D eigenvalue weighted by molar-refractivity contribution is 0.725. The summed E-state index contributed by atoms with van der Waals surface area (Å²) in [5.74, 6) is 0. The third kappa shape index (κ3) is 7.92. The largest absolute Gasteiger partial charge is 0.134 e. The lowest BCUT2D eigenvalue weighted by Gasteiger charge is -2.01. The molecular formula is C12H20S. The second-order valence-electron chi connectivity index (χ2n) is 2.91. The van der Waals surface area contributed by atoms with Crippen LogP contribution in [-0.2, 0) is 0 Å². The molecule has 0 unspecified atom stereocenters. The molecule has 0 heterocycles. The number of thioether (sulfide) groups is 1. The Morgan fingerprint density at radius 3 is 2.62 bits per heavy atom. The molecule has 0 bridgehead atoms. The summed E-state index contributed by atoms with van der Waals surface area (Å²) in [7, 11) is 0. The fraction of sp³-hybridized carbons (Fsp3) is 0.500. The number of unbranched alkanes of at least 4 members (excludes halogenated alkanes) is 2. The van der Waals surface area contributed by atoms with Gasteiger partial charge in [0.25, 0.3) is 0 Å². The predicted octanol–water partition coefficient (Wildman–Crippen LogP) is 4.56. The van der Waals surface area contributed by atoms with Gasteiger partial charge in [-0.1, -0.05) is 50.6 Å². The minimum atomic E-state index is 1.22. The number of hydrogen-bond donors (Lipinski definition) is 0. The van der Waals surface area contributed by atoms with Crippen LogP contribution in [0.25, 0.3) is 0 Å². The van der Waals surface area contributed by atoms with Gasteiger partial charge in [-0.25, -0.2) is 0 Å². The fourth-order valence-corrected chi connectivity index (χ4v) is 1.61. The van der Waals surface area contributed by atoms with E-state index in [1.807, 2.05) is 17.8 Å². The maximum atomic E-state index is 3.64. The van der Waals surface area contributed by atoms with Gasteiger partial charge in [-0.3, -0.25) is 0 Å². The van der Waals surface area contributed by atoms with Crippen LogP contribution >= 0.6 is 11.8 Å². The monoisotopic (exact) mass is 196 g/mol. The summed E-state index contributed by atoms with van der Waals surface area (Å²) in [5, 5.41) is 0. The maximum absolute atomic E-state index is 3.64. The average Bonchev–Trinajstić information content (AvgIpc) is 2.16. The Balaban J connectivity index is 3.79. The zero-order valence-corrected chi connectivity index (χ0v) is 9.57. The summed E-state index contributed by atoms with van der Waals surface area (Å²) in [5.41, 5.74) is 0. The Morgan fingerprint density at radius 2 is 2.08 bits per heavy atom. The highest BCUT2D eigenvalue weighted by Crippen LogP contribution is 2.19. The first-order valence-electron chi connectivity index (χ1n) is 4.87. The number of allylic oxidation sites excluding steroid dienone is 5. The second-order valence-corrected chi connectivity index (χ2v) is 3.85. The highest BCUT2D eigenvalue weighted by atomic mass is 32.2. The molecule has 0 saturated heterocycles. The Labute approximate surface area is 86.8 Å². The zero-order chi connectivity index (χ0) is 9.94. The lowest BCUT2D eigenvalue weighted by Crippen LogP contribution is -1.78. The molecule has 0 aromatic carbocycles. The molecule has 0 amide bonds. The molecule has 0 rings (SSSR count). The van der Waals surface area contributed by atoms with E-state index < -0.39 is 0 Å². The molecule has 13 heavy (non-hydrogen) atoms. The van der Waals surface area contributed by atoms with Crippen molar-refractivity contribution in [2.45, 2.75) is 32.6 Å². The number of hydrogen-bond acceptors (Lipinski definition) is 1. The van der Waals surface area contributed by atoms with Crippen molar-refractivity contribution in [3.8, 4) is 0 Å². The van der Waals surface area contributed by atoms with Crippen molar-refractivity contribution < 1.29 is 0 Å². The Bertz CT molecular complexity index is 178. The fourth-order valence-electron chi connectivity index (χ4n) is 1.04. The number of rotatable bonds is 7. The quantitative estimate of drug-likeness (QED) is 0.425. The van der Waals surface area contributed by atoms with E-state index in [2.05, 4.69) is 31.9 Å². The summed E-state index contributed by atoms with van der Waals surface area (Å²) in [4.78, 5) is 1.46. The van der Waals surface area contributed by atoms with Crippen LogP contribution in [0.2, 0.25) is 0 Å². The molecule has 0 radical (unpaired) electrons. The first-order valence-corrected chi connectivity index (χ1v) is 6.09. The van der Waals surface area contributed by atoms with Gasteiger partial charge in [-0.15, -0.1) is 11.8 Å². The predicted molar refractivity (Wildman–Crippen MR) is 65.1 cm³/mol. The molecule has 0 fully saturated rings. The van der Waals surface area contributed by atoms with E-state index in [-0.39, 0.29) is 0 Å². The molecule has 0 atom stereocenters. The Kier molecular flexibility index (Phi) is 9.34. The molecule has 0 aromatic heterocycles. The van der Waals surface area contributed by atoms with Crippen LogP contribution < -0.4 is 0 Å². The van der Waals surface area contributed by atoms with Crippen molar-refractivity contribution in [1.29, 1.82) is 0 Å². The van der Waals surface area contributed by atoms with E-state index in [1.54, 1.807) is 6.08 Å². The van der Waals surface area contributed by atoms with Gasteiger partial charge in [0.15, 0.2) is 0 Å². The third-order valence-corrected chi connectivity index (χ3v) is 2.68. The molecular weight excluding hydrogens is 176 g/mol. The Hall–Kier alpha value is -0.430. The maximum Gasteiger partial charge on any atom is -0.0140 e. The van der Waals surface area contributed by atoms with Gasteiger partial charge < -0.3 is 0 Å². The summed E-state index contributed by atoms with van der Waals surface area (Å²) >= 11 is 1.85. The third-order valence-electron chi connectivity index (χ3n) is 1.82. The molecule has 0 aliphatic heterocycles. The van der Waals surface area contributed by atoms with Crippen LogP contribution in [-0.4, -0.2) is 6.26 Å². The van der Waals surface area contributed by atoms with Crippen molar-refractivity contribution in [2.75, 3.05) is 6.26 Å². The summed E-state index contributed by atoms with van der Waals surface area (Å²) in [6, 6.07) is 0. The topological polar surface area (TPSA) is 0 Å². The molecule has 0 nitrogen and oxygen atoms in total. The summed E-state index contributed by atoms with van der Waals surface area (Å²) in [6.45, 7) is 5.87. The van der Waals surface area contributed by atoms with Crippen LogP contribution in [0.5, 0.6) is 0 Å². The SMILES string of the molecule is C=C/C=C\C=C(/CCCCC)SC. The van der Waals surface area contributed by atoms with E-state index in [0.717, 1.165) is 0 Å². The van der Waals surface area contributed by atoms with Crippen molar-refractivity contribution in [3.05, 3.63) is 35.8 Å². The van der Waals surface area contributed by atoms with Crippen LogP contribution in [0.1, 0.15) is 32.6 Å². The minimum Gasteiger partial charge on any atom is -0.134 e. The first-order chi connectivity index (χ1) is 6.35. The van der Waals surface area contributed by atoms with Crippen molar-refractivity contribution in [1.82, 2.24) is 0 Å². The normalized spacial score (nSPS) is 12.3. The molecule has 74 valence electrons. The Morgan fingerprint density at radius 1 is 1.31 bits per heavy atom. The van der Waals surface area contributed by atoms with E-state index in [1.165, 1.54) is 30.6 Å². The van der Waals surface area contributed by atoms with E-state index >= 15 is 0 Å². The van der Waals surface area contributed by atoms with Crippen LogP contribution in [0, 0.1) is 0 Å². The van der Waals surface area contributed by atoms with Crippen LogP contribution in [0.3, 0.4) is 0 Å². The van der Waals surface area contributed by atoms with Gasteiger partial charge in [0, 0.05) is 0 Å². The van der Waals surface area contributed by atoms with Crippen LogP contribution in [0.15, 0.2) is 35.8 Å². The van der Waals surface area contributed by atoms with Gasteiger partial charge >= 0.3 is 0 Å². The molecule has 0 aliphatic carbocycles. The van der Waals surface area contributed by atoms with E-state index in [4.69, 9.17) is 0 Å². The first kappa shape index (κ1) is 12.6. The zero-order valence-electron chi connectivity index (χ0n) is 8.75. The van der Waals surface area contributed by atoms with Crippen molar-refractivity contribution in [3.63, 3.8) is 0 Å². The highest BCUT2D eigenvalue weighted by molar-refractivity contribution is 8.02. The standard InChI is InChI=1S/C12H20S/c1-4-6-8-10-12(13-3)11-9-7-5-2/h4,6,8,10H,1,5,7,9,11H2,2-3H3/b8-6-,12-10+. The molecule has 0 aromatic rings. The summed E-state index contributed by atoms with van der Waals surface area (Å²) in [6.07, 6.45) is 15.3. The molecule has 1 heteroatoms. The van der Waals surface area contributed by atoms with Crippen molar-refractivity contribution >= 4 is 11.8 Å². The highest BCUT2D eigenvalue weighted by Gasteiger charge is 1.92. The molecule has 0 spiro atoms. The average molecular weight is 196 g/mol. The molecule has 0 saturated carbocycles. The van der Waals surface area contributed by atoms with E-state index in [9.17, 15) is 0 Å². The van der Waals surface area contributed by atoms with Gasteiger partial charge in [-0.2, -0.15) is 0 Å².